The molecule has 0 aliphatic carbocycles. The second kappa shape index (κ2) is 11.3. The number of nitrogens with one attached hydrogen (secondary N) is 2. The van der Waals surface area contributed by atoms with E-state index in [0.29, 0.717) is 31.8 Å². The van der Waals surface area contributed by atoms with E-state index in [4.69, 9.17) is 9.47 Å². The second-order valence-electron chi connectivity index (χ2n) is 10.8. The first-order valence-corrected chi connectivity index (χ1v) is 13.4. The van der Waals surface area contributed by atoms with E-state index >= 15 is 0 Å². The second-order valence-corrected chi connectivity index (χ2v) is 12.6. The Kier molecular flexibility index (Phi) is 8.75. The Hall–Kier alpha value is -2.84. The first kappa shape index (κ1) is 28.7. The van der Waals surface area contributed by atoms with E-state index < -0.39 is 12.2 Å². The lowest BCUT2D eigenvalue weighted by Crippen LogP contribution is -2.19. The molecule has 8 heteroatoms. The number of ether oxygens (including phenoxy) is 2. The van der Waals surface area contributed by atoms with Crippen LogP contribution in [0.3, 0.4) is 0 Å². The highest BCUT2D eigenvalue weighted by Gasteiger charge is 2.18. The van der Waals surface area contributed by atoms with Gasteiger partial charge in [-0.2, -0.15) is 0 Å². The number of rotatable bonds is 4. The molecule has 0 aromatic heterocycles. The van der Waals surface area contributed by atoms with Crippen molar-refractivity contribution in [1.82, 2.24) is 0 Å². The van der Waals surface area contributed by atoms with Gasteiger partial charge < -0.3 is 9.47 Å². The summed E-state index contributed by atoms with van der Waals surface area (Å²) < 4.78 is 12.4. The number of amides is 2. The van der Waals surface area contributed by atoms with Gasteiger partial charge in [-0.05, 0) is 103 Å². The van der Waals surface area contributed by atoms with Crippen molar-refractivity contribution in [2.45, 2.75) is 59.3 Å². The third-order valence-electron chi connectivity index (χ3n) is 5.72. The van der Waals surface area contributed by atoms with Crippen LogP contribution in [0.25, 0.3) is 0 Å². The third-order valence-corrected chi connectivity index (χ3v) is 6.96. The van der Waals surface area contributed by atoms with Gasteiger partial charge in [0.15, 0.2) is 0 Å². The largest absolute Gasteiger partial charge is 0.417 e. The Morgan fingerprint density at radius 1 is 0.676 bits per heavy atom. The standard InChI is InChI=1S/C29H32Br2N2O4/c1-17-8-11-20(32-26(34)36-24-12-9-18(14-21(24)30)28(2,3)4)16-23(17)33-27(35)37-25-13-10-19(15-22(25)31)29(5,6)7/h8-16H,1-7H3,(H,32,34)(H,33,35). The fraction of sp³-hybridized carbons (Fsp3) is 0.310. The van der Waals surface area contributed by atoms with Crippen molar-refractivity contribution in [3.63, 3.8) is 0 Å². The van der Waals surface area contributed by atoms with E-state index in [1.54, 1.807) is 30.3 Å². The molecule has 2 amide bonds. The predicted octanol–water partition coefficient (Wildman–Crippen LogP) is 9.34. The summed E-state index contributed by atoms with van der Waals surface area (Å²) in [5, 5.41) is 5.44. The predicted molar refractivity (Wildman–Crippen MR) is 156 cm³/mol. The van der Waals surface area contributed by atoms with E-state index in [1.807, 2.05) is 31.2 Å². The molecular weight excluding hydrogens is 600 g/mol. The maximum absolute atomic E-state index is 12.6. The molecule has 0 saturated heterocycles. The van der Waals surface area contributed by atoms with Gasteiger partial charge in [0.2, 0.25) is 0 Å². The van der Waals surface area contributed by atoms with Gasteiger partial charge in [0.05, 0.1) is 8.95 Å². The molecule has 0 radical (unpaired) electrons. The minimum Gasteiger partial charge on any atom is -0.409 e. The number of hydrogen-bond donors (Lipinski definition) is 2. The van der Waals surface area contributed by atoms with Crippen LogP contribution in [0.15, 0.2) is 63.5 Å². The molecule has 0 spiro atoms. The molecule has 0 saturated carbocycles. The Morgan fingerprint density at radius 2 is 1.14 bits per heavy atom. The van der Waals surface area contributed by atoms with Crippen molar-refractivity contribution in [3.05, 3.63) is 80.2 Å². The Bertz CT molecular complexity index is 1320. The third kappa shape index (κ3) is 7.82. The summed E-state index contributed by atoms with van der Waals surface area (Å²) in [7, 11) is 0. The molecule has 3 rings (SSSR count). The van der Waals surface area contributed by atoms with Crippen LogP contribution >= 0.6 is 31.9 Å². The number of halogens is 2. The molecule has 0 fully saturated rings. The molecule has 0 aliphatic rings. The lowest BCUT2D eigenvalue weighted by atomic mass is 9.87. The van der Waals surface area contributed by atoms with Crippen LogP contribution in [0.5, 0.6) is 11.5 Å². The molecule has 37 heavy (non-hydrogen) atoms. The Morgan fingerprint density at radius 3 is 1.57 bits per heavy atom. The maximum Gasteiger partial charge on any atom is 0.417 e. The SMILES string of the molecule is Cc1ccc(NC(=O)Oc2ccc(C(C)(C)C)cc2Br)cc1NC(=O)Oc1ccc(C(C)(C)C)cc1Br. The van der Waals surface area contributed by atoms with Gasteiger partial charge in [-0.1, -0.05) is 59.7 Å². The number of carbonyl (C=O) groups excluding carboxylic acids is 2. The zero-order valence-electron chi connectivity index (χ0n) is 22.1. The summed E-state index contributed by atoms with van der Waals surface area (Å²) in [6.07, 6.45) is -1.29. The highest BCUT2D eigenvalue weighted by atomic mass is 79.9. The van der Waals surface area contributed by atoms with Gasteiger partial charge in [0.1, 0.15) is 11.5 Å². The van der Waals surface area contributed by atoms with Crippen molar-refractivity contribution in [3.8, 4) is 11.5 Å². The lowest BCUT2D eigenvalue weighted by molar-refractivity contribution is 0.214. The average Bonchev–Trinajstić information content (AvgIpc) is 2.77. The molecule has 0 atom stereocenters. The highest BCUT2D eigenvalue weighted by molar-refractivity contribution is 9.10. The van der Waals surface area contributed by atoms with E-state index in [2.05, 4.69) is 84.0 Å². The van der Waals surface area contributed by atoms with E-state index in [-0.39, 0.29) is 10.8 Å². The van der Waals surface area contributed by atoms with Crippen LogP contribution in [-0.4, -0.2) is 12.2 Å². The molecule has 6 nitrogen and oxygen atoms in total. The molecular formula is C29H32Br2N2O4. The Labute approximate surface area is 235 Å². The number of carbonyl (C=O) groups is 2. The molecule has 0 unspecified atom stereocenters. The van der Waals surface area contributed by atoms with E-state index in [0.717, 1.165) is 16.7 Å². The molecule has 196 valence electrons. The van der Waals surface area contributed by atoms with Crippen LogP contribution in [0.4, 0.5) is 21.0 Å². The minimum atomic E-state index is -0.649. The van der Waals surface area contributed by atoms with Crippen molar-refractivity contribution in [1.29, 1.82) is 0 Å². The van der Waals surface area contributed by atoms with Crippen LogP contribution in [0, 0.1) is 6.92 Å². The first-order valence-electron chi connectivity index (χ1n) is 11.8. The van der Waals surface area contributed by atoms with Gasteiger partial charge in [0, 0.05) is 11.4 Å². The van der Waals surface area contributed by atoms with Crippen LogP contribution in [-0.2, 0) is 10.8 Å². The van der Waals surface area contributed by atoms with Crippen LogP contribution in [0.2, 0.25) is 0 Å². The first-order chi connectivity index (χ1) is 17.1. The lowest BCUT2D eigenvalue weighted by Gasteiger charge is -2.20. The zero-order valence-corrected chi connectivity index (χ0v) is 25.3. The van der Waals surface area contributed by atoms with Gasteiger partial charge in [-0.3, -0.25) is 10.6 Å². The molecule has 0 aliphatic heterocycles. The highest BCUT2D eigenvalue weighted by Crippen LogP contribution is 2.33. The number of anilines is 2. The summed E-state index contributed by atoms with van der Waals surface area (Å²) in [5.41, 5.74) is 3.95. The van der Waals surface area contributed by atoms with E-state index in [9.17, 15) is 9.59 Å². The van der Waals surface area contributed by atoms with Crippen LogP contribution in [0.1, 0.15) is 58.2 Å². The van der Waals surface area contributed by atoms with Crippen molar-refractivity contribution in [2.75, 3.05) is 10.6 Å². The van der Waals surface area contributed by atoms with Gasteiger partial charge in [0.25, 0.3) is 0 Å². The summed E-state index contributed by atoms with van der Waals surface area (Å²) in [4.78, 5) is 25.1. The maximum atomic E-state index is 12.6. The van der Waals surface area contributed by atoms with Gasteiger partial charge in [-0.25, -0.2) is 9.59 Å². The fourth-order valence-corrected chi connectivity index (χ4v) is 4.33. The average molecular weight is 632 g/mol. The Balaban J connectivity index is 1.66. The number of aryl methyl sites for hydroxylation is 1. The molecule has 3 aromatic carbocycles. The summed E-state index contributed by atoms with van der Waals surface area (Å²) in [5.74, 6) is 0.812. The topological polar surface area (TPSA) is 76.7 Å². The van der Waals surface area contributed by atoms with Crippen molar-refractivity contribution >= 4 is 55.4 Å². The monoisotopic (exact) mass is 630 g/mol. The molecule has 0 bridgehead atoms. The minimum absolute atomic E-state index is 0.0261. The number of benzene rings is 3. The van der Waals surface area contributed by atoms with E-state index in [1.165, 1.54) is 0 Å². The van der Waals surface area contributed by atoms with Crippen molar-refractivity contribution in [2.24, 2.45) is 0 Å². The molecule has 3 aromatic rings. The van der Waals surface area contributed by atoms with Gasteiger partial charge in [-0.15, -0.1) is 0 Å². The van der Waals surface area contributed by atoms with Crippen LogP contribution < -0.4 is 20.1 Å². The normalized spacial score (nSPS) is 11.6. The smallest absolute Gasteiger partial charge is 0.409 e. The zero-order chi connectivity index (χ0) is 27.5. The fourth-order valence-electron chi connectivity index (χ4n) is 3.41. The van der Waals surface area contributed by atoms with Gasteiger partial charge >= 0.3 is 12.2 Å². The summed E-state index contributed by atoms with van der Waals surface area (Å²) in [6, 6.07) is 16.4. The van der Waals surface area contributed by atoms with Crippen molar-refractivity contribution < 1.29 is 19.1 Å². The quantitative estimate of drug-likeness (QED) is 0.301. The molecule has 0 heterocycles. The summed E-state index contributed by atoms with van der Waals surface area (Å²) in [6.45, 7) is 14.5. The molecule has 2 N–H and O–H groups in total. The summed E-state index contributed by atoms with van der Waals surface area (Å²) >= 11 is 6.96. The number of hydrogen-bond acceptors (Lipinski definition) is 4.